The van der Waals surface area contributed by atoms with Gasteiger partial charge < -0.3 is 14.5 Å². The topological polar surface area (TPSA) is 129 Å². The molecule has 1 aromatic carbocycles. The summed E-state index contributed by atoms with van der Waals surface area (Å²) in [6.07, 6.45) is -1.27. The number of nitrogens with one attached hydrogen (secondary N) is 1. The van der Waals surface area contributed by atoms with E-state index in [0.29, 0.717) is 5.56 Å². The molecule has 0 aliphatic rings. The molecule has 0 radical (unpaired) electrons. The SMILES string of the molecule is Cc1cc(=O)oc(C)c1C(=O)OC(C)C(=O)Nc1ccc(F)c([N+](=O)[O-])c1. The van der Waals surface area contributed by atoms with Crippen molar-refractivity contribution in [2.24, 2.45) is 0 Å². The molecule has 27 heavy (non-hydrogen) atoms. The summed E-state index contributed by atoms with van der Waals surface area (Å²) in [4.78, 5) is 45.5. The van der Waals surface area contributed by atoms with Gasteiger partial charge in [-0.1, -0.05) is 0 Å². The number of nitro groups is 1. The number of aryl methyl sites for hydroxylation is 2. The number of hydrogen-bond donors (Lipinski definition) is 1. The Balaban J connectivity index is 2.12. The zero-order valence-electron chi connectivity index (χ0n) is 14.6. The Morgan fingerprint density at radius 1 is 1.30 bits per heavy atom. The molecule has 0 saturated heterocycles. The summed E-state index contributed by atoms with van der Waals surface area (Å²) in [5.41, 5.74) is -1.11. The zero-order valence-corrected chi connectivity index (χ0v) is 14.6. The average Bonchev–Trinajstić information content (AvgIpc) is 2.55. The highest BCUT2D eigenvalue weighted by molar-refractivity contribution is 5.98. The normalized spacial score (nSPS) is 11.6. The molecule has 1 atom stereocenters. The molecule has 1 aromatic heterocycles. The number of carbonyl (C=O) groups excluding carboxylic acids is 2. The summed E-state index contributed by atoms with van der Waals surface area (Å²) >= 11 is 0. The van der Waals surface area contributed by atoms with Crippen LogP contribution in [0.1, 0.15) is 28.6 Å². The summed E-state index contributed by atoms with van der Waals surface area (Å²) in [6, 6.07) is 3.94. The molecule has 1 unspecified atom stereocenters. The van der Waals surface area contributed by atoms with Crippen molar-refractivity contribution >= 4 is 23.3 Å². The van der Waals surface area contributed by atoms with Crippen molar-refractivity contribution in [2.75, 3.05) is 5.32 Å². The Labute approximate surface area is 151 Å². The van der Waals surface area contributed by atoms with Gasteiger partial charge in [0.2, 0.25) is 5.82 Å². The average molecular weight is 378 g/mol. The lowest BCUT2D eigenvalue weighted by Crippen LogP contribution is -2.30. The fourth-order valence-corrected chi connectivity index (χ4v) is 2.31. The number of benzene rings is 1. The van der Waals surface area contributed by atoms with Crippen molar-refractivity contribution in [3.05, 3.63) is 67.5 Å². The van der Waals surface area contributed by atoms with E-state index < -0.39 is 40.0 Å². The number of amides is 1. The van der Waals surface area contributed by atoms with E-state index >= 15 is 0 Å². The number of nitro benzene ring substituents is 1. The molecule has 2 rings (SSSR count). The Morgan fingerprint density at radius 2 is 1.96 bits per heavy atom. The summed E-state index contributed by atoms with van der Waals surface area (Å²) in [5, 5.41) is 13.0. The molecule has 0 bridgehead atoms. The highest BCUT2D eigenvalue weighted by Crippen LogP contribution is 2.22. The van der Waals surface area contributed by atoms with Crippen molar-refractivity contribution in [1.82, 2.24) is 0 Å². The van der Waals surface area contributed by atoms with Crippen LogP contribution in [-0.4, -0.2) is 22.9 Å². The number of carbonyl (C=O) groups is 2. The van der Waals surface area contributed by atoms with Crippen LogP contribution in [0.15, 0.2) is 33.5 Å². The quantitative estimate of drug-likeness (QED) is 0.481. The highest BCUT2D eigenvalue weighted by atomic mass is 19.1. The van der Waals surface area contributed by atoms with Crippen LogP contribution in [0, 0.1) is 29.8 Å². The Hall–Kier alpha value is -3.56. The van der Waals surface area contributed by atoms with Gasteiger partial charge in [0.15, 0.2) is 6.10 Å². The number of ether oxygens (including phenoxy) is 1. The van der Waals surface area contributed by atoms with Crippen molar-refractivity contribution in [3.8, 4) is 0 Å². The van der Waals surface area contributed by atoms with Crippen LogP contribution < -0.4 is 10.9 Å². The molecule has 0 aliphatic heterocycles. The molecule has 1 amide bonds. The lowest BCUT2D eigenvalue weighted by Gasteiger charge is -2.15. The van der Waals surface area contributed by atoms with E-state index in [4.69, 9.17) is 9.15 Å². The van der Waals surface area contributed by atoms with Gasteiger partial charge in [-0.25, -0.2) is 9.59 Å². The molecule has 142 valence electrons. The van der Waals surface area contributed by atoms with Crippen molar-refractivity contribution < 1.29 is 28.1 Å². The summed E-state index contributed by atoms with van der Waals surface area (Å²) < 4.78 is 23.2. The van der Waals surface area contributed by atoms with Crippen LogP contribution in [0.3, 0.4) is 0 Å². The maximum Gasteiger partial charge on any atom is 0.342 e. The molecule has 1 N–H and O–H groups in total. The van der Waals surface area contributed by atoms with Crippen LogP contribution >= 0.6 is 0 Å². The van der Waals surface area contributed by atoms with E-state index in [2.05, 4.69) is 5.32 Å². The van der Waals surface area contributed by atoms with E-state index in [-0.39, 0.29) is 17.0 Å². The van der Waals surface area contributed by atoms with Gasteiger partial charge in [-0.15, -0.1) is 0 Å². The molecule has 0 fully saturated rings. The predicted octanol–water partition coefficient (Wildman–Crippen LogP) is 2.49. The van der Waals surface area contributed by atoms with Gasteiger partial charge in [0.1, 0.15) is 11.3 Å². The molecule has 9 nitrogen and oxygen atoms in total. The van der Waals surface area contributed by atoms with Crippen LogP contribution in [0.25, 0.3) is 0 Å². The third-order valence-corrected chi connectivity index (χ3v) is 3.60. The molecule has 10 heteroatoms. The first-order chi connectivity index (χ1) is 12.6. The van der Waals surface area contributed by atoms with Gasteiger partial charge in [0, 0.05) is 17.8 Å². The van der Waals surface area contributed by atoms with E-state index in [9.17, 15) is 28.9 Å². The molecule has 0 aliphatic carbocycles. The van der Waals surface area contributed by atoms with E-state index in [0.717, 1.165) is 24.3 Å². The smallest absolute Gasteiger partial charge is 0.342 e. The lowest BCUT2D eigenvalue weighted by atomic mass is 10.1. The second-order valence-corrected chi connectivity index (χ2v) is 5.64. The molecule has 1 heterocycles. The number of anilines is 1. The minimum absolute atomic E-state index is 0.0201. The minimum Gasteiger partial charge on any atom is -0.449 e. The van der Waals surface area contributed by atoms with E-state index in [1.807, 2.05) is 0 Å². The van der Waals surface area contributed by atoms with E-state index in [1.54, 1.807) is 0 Å². The van der Waals surface area contributed by atoms with Crippen LogP contribution in [0.5, 0.6) is 0 Å². The Kier molecular flexibility index (Phi) is 5.69. The molecule has 2 aromatic rings. The first-order valence-electron chi connectivity index (χ1n) is 7.67. The zero-order chi connectivity index (χ0) is 20.3. The number of nitrogens with zero attached hydrogens (tertiary/aromatic N) is 1. The molecule has 0 saturated carbocycles. The molecule has 0 spiro atoms. The van der Waals surface area contributed by atoms with Crippen molar-refractivity contribution in [3.63, 3.8) is 0 Å². The summed E-state index contributed by atoms with van der Waals surface area (Å²) in [7, 11) is 0. The van der Waals surface area contributed by atoms with Crippen molar-refractivity contribution in [1.29, 1.82) is 0 Å². The van der Waals surface area contributed by atoms with Gasteiger partial charge in [-0.2, -0.15) is 4.39 Å². The number of esters is 1. The largest absolute Gasteiger partial charge is 0.449 e. The summed E-state index contributed by atoms with van der Waals surface area (Å²) in [6.45, 7) is 4.21. The summed E-state index contributed by atoms with van der Waals surface area (Å²) in [5.74, 6) is -2.65. The third-order valence-electron chi connectivity index (χ3n) is 3.60. The second kappa shape index (κ2) is 7.77. The van der Waals surface area contributed by atoms with Gasteiger partial charge in [0.05, 0.1) is 4.92 Å². The van der Waals surface area contributed by atoms with Crippen LogP contribution in [0.4, 0.5) is 15.8 Å². The maximum atomic E-state index is 13.3. The first-order valence-corrected chi connectivity index (χ1v) is 7.67. The first kappa shape index (κ1) is 19.8. The monoisotopic (exact) mass is 378 g/mol. The minimum atomic E-state index is -1.27. The van der Waals surface area contributed by atoms with Gasteiger partial charge in [-0.05, 0) is 38.5 Å². The van der Waals surface area contributed by atoms with Gasteiger partial charge >= 0.3 is 17.3 Å². The number of halogens is 1. The number of hydrogen-bond acceptors (Lipinski definition) is 7. The molecular weight excluding hydrogens is 363 g/mol. The van der Waals surface area contributed by atoms with Gasteiger partial charge in [-0.3, -0.25) is 14.9 Å². The Bertz CT molecular complexity index is 957. The number of rotatable bonds is 5. The fourth-order valence-electron chi connectivity index (χ4n) is 2.31. The maximum absolute atomic E-state index is 13.3. The third kappa shape index (κ3) is 4.54. The van der Waals surface area contributed by atoms with Gasteiger partial charge in [0.25, 0.3) is 5.91 Å². The highest BCUT2D eigenvalue weighted by Gasteiger charge is 2.24. The predicted molar refractivity (Wildman–Crippen MR) is 91.0 cm³/mol. The fraction of sp³-hybridized carbons (Fsp3) is 0.235. The standard InChI is InChI=1S/C17H15FN2O7/c1-8-6-14(21)26-9(2)15(8)17(23)27-10(3)16(22)19-11-4-5-12(18)13(7-11)20(24)25/h4-7,10H,1-3H3,(H,19,22). The second-order valence-electron chi connectivity index (χ2n) is 5.64. The van der Waals surface area contributed by atoms with Crippen molar-refractivity contribution in [2.45, 2.75) is 26.9 Å². The van der Waals surface area contributed by atoms with Crippen LogP contribution in [0.2, 0.25) is 0 Å². The Morgan fingerprint density at radius 3 is 2.56 bits per heavy atom. The lowest BCUT2D eigenvalue weighted by molar-refractivity contribution is -0.387. The van der Waals surface area contributed by atoms with Crippen LogP contribution in [-0.2, 0) is 9.53 Å². The molecular formula is C17H15FN2O7. The van der Waals surface area contributed by atoms with E-state index in [1.165, 1.54) is 20.8 Å².